The Morgan fingerprint density at radius 1 is 1.06 bits per heavy atom. The van der Waals surface area contributed by atoms with E-state index in [1.54, 1.807) is 0 Å². The van der Waals surface area contributed by atoms with Crippen molar-refractivity contribution in [2.45, 2.75) is 37.6 Å². The predicted molar refractivity (Wildman–Crippen MR) is 68.8 cm³/mol. The zero-order chi connectivity index (χ0) is 11.4. The molecule has 0 spiro atoms. The Hall–Kier alpha value is -0.120. The van der Waals surface area contributed by atoms with E-state index >= 15 is 0 Å². The zero-order valence-corrected chi connectivity index (χ0v) is 11.0. The summed E-state index contributed by atoms with van der Waals surface area (Å²) >= 11 is 0. The van der Waals surface area contributed by atoms with E-state index in [9.17, 15) is 0 Å². The molecule has 2 aliphatic rings. The Labute approximate surface area is 100 Å². The first-order valence-electron chi connectivity index (χ1n) is 6.83. The van der Waals surface area contributed by atoms with Crippen LogP contribution in [0.5, 0.6) is 0 Å². The van der Waals surface area contributed by atoms with Crippen LogP contribution < -0.4 is 5.32 Å². The van der Waals surface area contributed by atoms with Gasteiger partial charge in [0.15, 0.2) is 0 Å². The average molecular weight is 225 g/mol. The van der Waals surface area contributed by atoms with Gasteiger partial charge in [-0.1, -0.05) is 19.3 Å². The summed E-state index contributed by atoms with van der Waals surface area (Å²) in [5.74, 6) is 0. The molecule has 0 aromatic carbocycles. The second-order valence-corrected chi connectivity index (χ2v) is 5.71. The SMILES string of the molecule is CN(C)C1(CN2CCNCC2)CCCCC1. The first-order chi connectivity index (χ1) is 7.73. The smallest absolute Gasteiger partial charge is 0.0330 e. The first-order valence-corrected chi connectivity index (χ1v) is 6.83. The third-order valence-electron chi connectivity index (χ3n) is 4.46. The van der Waals surface area contributed by atoms with Gasteiger partial charge in [-0.3, -0.25) is 4.90 Å². The van der Waals surface area contributed by atoms with Gasteiger partial charge >= 0.3 is 0 Å². The minimum absolute atomic E-state index is 0.468. The summed E-state index contributed by atoms with van der Waals surface area (Å²) in [5, 5.41) is 3.44. The molecule has 1 heterocycles. The van der Waals surface area contributed by atoms with Crippen LogP contribution in [-0.2, 0) is 0 Å². The van der Waals surface area contributed by atoms with Gasteiger partial charge in [-0.05, 0) is 26.9 Å². The zero-order valence-electron chi connectivity index (χ0n) is 11.0. The van der Waals surface area contributed by atoms with Crippen molar-refractivity contribution in [3.8, 4) is 0 Å². The maximum Gasteiger partial charge on any atom is 0.0330 e. The summed E-state index contributed by atoms with van der Waals surface area (Å²) in [7, 11) is 4.54. The minimum Gasteiger partial charge on any atom is -0.314 e. The molecule has 16 heavy (non-hydrogen) atoms. The molecule has 2 fully saturated rings. The van der Waals surface area contributed by atoms with E-state index < -0.39 is 0 Å². The van der Waals surface area contributed by atoms with E-state index in [1.807, 2.05) is 0 Å². The van der Waals surface area contributed by atoms with Crippen LogP contribution in [0.15, 0.2) is 0 Å². The van der Waals surface area contributed by atoms with Crippen LogP contribution in [-0.4, -0.2) is 62.2 Å². The third kappa shape index (κ3) is 2.76. The molecule has 0 aromatic rings. The van der Waals surface area contributed by atoms with Crippen LogP contribution >= 0.6 is 0 Å². The summed E-state index contributed by atoms with van der Waals surface area (Å²) < 4.78 is 0. The number of hydrogen-bond acceptors (Lipinski definition) is 3. The third-order valence-corrected chi connectivity index (χ3v) is 4.46. The molecule has 1 N–H and O–H groups in total. The average Bonchev–Trinajstić information content (AvgIpc) is 2.31. The number of rotatable bonds is 3. The van der Waals surface area contributed by atoms with Crippen LogP contribution in [0.3, 0.4) is 0 Å². The standard InChI is InChI=1S/C13H27N3/c1-15(2)13(6-4-3-5-7-13)12-16-10-8-14-9-11-16/h14H,3-12H2,1-2H3. The molecule has 1 aliphatic heterocycles. The molecule has 0 aromatic heterocycles. The summed E-state index contributed by atoms with van der Waals surface area (Å²) in [6.45, 7) is 6.08. The Bertz CT molecular complexity index is 203. The van der Waals surface area contributed by atoms with Crippen LogP contribution in [0.25, 0.3) is 0 Å². The van der Waals surface area contributed by atoms with Crippen molar-refractivity contribution in [1.29, 1.82) is 0 Å². The molecule has 0 atom stereocenters. The van der Waals surface area contributed by atoms with Gasteiger partial charge in [0, 0.05) is 38.3 Å². The quantitative estimate of drug-likeness (QED) is 0.777. The predicted octanol–water partition coefficient (Wildman–Crippen LogP) is 1.16. The molecule has 1 aliphatic carbocycles. The lowest BCUT2D eigenvalue weighted by atomic mass is 9.80. The van der Waals surface area contributed by atoms with Gasteiger partial charge in [0.1, 0.15) is 0 Å². The van der Waals surface area contributed by atoms with Gasteiger partial charge in [0.2, 0.25) is 0 Å². The number of hydrogen-bond donors (Lipinski definition) is 1. The normalized spacial score (nSPS) is 27.2. The highest BCUT2D eigenvalue weighted by atomic mass is 15.2. The molecule has 1 saturated heterocycles. The van der Waals surface area contributed by atoms with Crippen LogP contribution in [0.4, 0.5) is 0 Å². The topological polar surface area (TPSA) is 18.5 Å². The molecule has 2 rings (SSSR count). The van der Waals surface area contributed by atoms with Crippen molar-refractivity contribution < 1.29 is 0 Å². The van der Waals surface area contributed by atoms with Crippen molar-refractivity contribution in [3.05, 3.63) is 0 Å². The van der Waals surface area contributed by atoms with Crippen LogP contribution in [0, 0.1) is 0 Å². The second-order valence-electron chi connectivity index (χ2n) is 5.71. The van der Waals surface area contributed by atoms with Gasteiger partial charge < -0.3 is 10.2 Å². The molecular formula is C13H27N3. The molecule has 1 saturated carbocycles. The Morgan fingerprint density at radius 2 is 1.69 bits per heavy atom. The minimum atomic E-state index is 0.468. The lowest BCUT2D eigenvalue weighted by Crippen LogP contribution is -2.57. The Kier molecular flexibility index (Phi) is 4.22. The van der Waals surface area contributed by atoms with E-state index in [1.165, 1.54) is 64.8 Å². The largest absolute Gasteiger partial charge is 0.314 e. The maximum atomic E-state index is 3.44. The van der Waals surface area contributed by atoms with Gasteiger partial charge in [-0.25, -0.2) is 0 Å². The number of nitrogens with one attached hydrogen (secondary N) is 1. The first kappa shape index (κ1) is 12.3. The van der Waals surface area contributed by atoms with Crippen molar-refractivity contribution >= 4 is 0 Å². The van der Waals surface area contributed by atoms with Crippen LogP contribution in [0.2, 0.25) is 0 Å². The molecule has 0 amide bonds. The van der Waals surface area contributed by atoms with Crippen molar-refractivity contribution in [1.82, 2.24) is 15.1 Å². The monoisotopic (exact) mass is 225 g/mol. The molecular weight excluding hydrogens is 198 g/mol. The van der Waals surface area contributed by atoms with E-state index in [0.717, 1.165) is 0 Å². The fourth-order valence-electron chi connectivity index (χ4n) is 3.24. The molecule has 0 bridgehead atoms. The molecule has 3 heteroatoms. The number of nitrogens with zero attached hydrogens (tertiary/aromatic N) is 2. The lowest BCUT2D eigenvalue weighted by molar-refractivity contribution is 0.0488. The summed E-state index contributed by atoms with van der Waals surface area (Å²) in [6, 6.07) is 0. The maximum absolute atomic E-state index is 3.44. The fraction of sp³-hybridized carbons (Fsp3) is 1.00. The van der Waals surface area contributed by atoms with E-state index in [2.05, 4.69) is 29.2 Å². The molecule has 0 unspecified atom stereocenters. The van der Waals surface area contributed by atoms with Gasteiger partial charge in [-0.2, -0.15) is 0 Å². The summed E-state index contributed by atoms with van der Waals surface area (Å²) in [5.41, 5.74) is 0.468. The second kappa shape index (κ2) is 5.48. The highest BCUT2D eigenvalue weighted by molar-refractivity contribution is 4.94. The van der Waals surface area contributed by atoms with Gasteiger partial charge in [-0.15, -0.1) is 0 Å². The highest BCUT2D eigenvalue weighted by Gasteiger charge is 2.35. The summed E-state index contributed by atoms with van der Waals surface area (Å²) in [6.07, 6.45) is 7.07. The van der Waals surface area contributed by atoms with E-state index in [-0.39, 0.29) is 0 Å². The lowest BCUT2D eigenvalue weighted by Gasteiger charge is -2.46. The van der Waals surface area contributed by atoms with Crippen molar-refractivity contribution in [2.75, 3.05) is 46.8 Å². The molecule has 3 nitrogen and oxygen atoms in total. The van der Waals surface area contributed by atoms with Gasteiger partial charge in [0.25, 0.3) is 0 Å². The van der Waals surface area contributed by atoms with Crippen LogP contribution in [0.1, 0.15) is 32.1 Å². The highest BCUT2D eigenvalue weighted by Crippen LogP contribution is 2.32. The molecule has 0 radical (unpaired) electrons. The van der Waals surface area contributed by atoms with Gasteiger partial charge in [0.05, 0.1) is 0 Å². The van der Waals surface area contributed by atoms with Crippen molar-refractivity contribution in [2.24, 2.45) is 0 Å². The molecule has 94 valence electrons. The Morgan fingerprint density at radius 3 is 2.25 bits per heavy atom. The number of likely N-dealkylation sites (N-methyl/N-ethyl adjacent to an activating group) is 1. The Balaban J connectivity index is 1.95. The summed E-state index contributed by atoms with van der Waals surface area (Å²) in [4.78, 5) is 5.15. The van der Waals surface area contributed by atoms with Crippen molar-refractivity contribution in [3.63, 3.8) is 0 Å². The fourth-order valence-corrected chi connectivity index (χ4v) is 3.24. The van der Waals surface area contributed by atoms with E-state index in [0.29, 0.717) is 5.54 Å². The number of piperazine rings is 1. The van der Waals surface area contributed by atoms with E-state index in [4.69, 9.17) is 0 Å².